The number of carbonyl (C=O) groups excluding carboxylic acids is 1. The summed E-state index contributed by atoms with van der Waals surface area (Å²) < 4.78 is 0. The van der Waals surface area contributed by atoms with E-state index in [-0.39, 0.29) is 12.1 Å². The summed E-state index contributed by atoms with van der Waals surface area (Å²) >= 11 is 0. The quantitative estimate of drug-likeness (QED) is 0.861. The lowest BCUT2D eigenvalue weighted by Gasteiger charge is -2.12. The van der Waals surface area contributed by atoms with Crippen LogP contribution >= 0.6 is 0 Å². The minimum atomic E-state index is -0.0779. The molecule has 1 unspecified atom stereocenters. The second kappa shape index (κ2) is 4.88. The molecule has 1 atom stereocenters. The van der Waals surface area contributed by atoms with Crippen LogP contribution in [0.25, 0.3) is 0 Å². The van der Waals surface area contributed by atoms with Crippen molar-refractivity contribution >= 4 is 6.03 Å². The van der Waals surface area contributed by atoms with Gasteiger partial charge < -0.3 is 10.2 Å². The molecule has 1 aromatic carbocycles. The van der Waals surface area contributed by atoms with Crippen molar-refractivity contribution in [3.8, 4) is 6.07 Å². The first-order chi connectivity index (χ1) is 8.20. The minimum Gasteiger partial charge on any atom is -0.329 e. The average Bonchev–Trinajstić information content (AvgIpc) is 2.69. The average molecular weight is 229 g/mol. The van der Waals surface area contributed by atoms with E-state index in [1.54, 1.807) is 4.90 Å². The Bertz CT molecular complexity index is 447. The molecular weight excluding hydrogens is 214 g/mol. The zero-order chi connectivity index (χ0) is 12.3. The van der Waals surface area contributed by atoms with Gasteiger partial charge in [-0.3, -0.25) is 0 Å². The highest BCUT2D eigenvalue weighted by Gasteiger charge is 2.28. The van der Waals surface area contributed by atoms with Crippen LogP contribution in [-0.2, 0) is 0 Å². The Morgan fingerprint density at radius 1 is 1.47 bits per heavy atom. The lowest BCUT2D eigenvalue weighted by molar-refractivity contribution is 0.218. The largest absolute Gasteiger partial charge is 0.329 e. The van der Waals surface area contributed by atoms with E-state index in [0.29, 0.717) is 19.5 Å². The molecule has 88 valence electrons. The second-order valence-electron chi connectivity index (χ2n) is 4.27. The van der Waals surface area contributed by atoms with Gasteiger partial charge in [0.1, 0.15) is 0 Å². The van der Waals surface area contributed by atoms with Gasteiger partial charge in [-0.2, -0.15) is 5.26 Å². The van der Waals surface area contributed by atoms with Crippen LogP contribution in [-0.4, -0.2) is 24.0 Å². The number of benzene rings is 1. The number of hydrogen-bond donors (Lipinski definition) is 1. The molecule has 0 spiro atoms. The fourth-order valence-corrected chi connectivity index (χ4v) is 1.95. The molecule has 0 aliphatic carbocycles. The van der Waals surface area contributed by atoms with Crippen molar-refractivity contribution in [2.45, 2.75) is 19.4 Å². The third-order valence-electron chi connectivity index (χ3n) is 2.96. The number of urea groups is 1. The summed E-state index contributed by atoms with van der Waals surface area (Å²) in [6.45, 7) is 3.19. The van der Waals surface area contributed by atoms with Crippen molar-refractivity contribution < 1.29 is 4.79 Å². The van der Waals surface area contributed by atoms with E-state index in [4.69, 9.17) is 5.26 Å². The maximum atomic E-state index is 11.6. The first-order valence-corrected chi connectivity index (χ1v) is 5.69. The number of rotatable bonds is 3. The van der Waals surface area contributed by atoms with E-state index < -0.39 is 0 Å². The van der Waals surface area contributed by atoms with Crippen molar-refractivity contribution in [1.82, 2.24) is 10.2 Å². The Labute approximate surface area is 101 Å². The Kier molecular flexibility index (Phi) is 3.29. The molecule has 1 aliphatic heterocycles. The molecule has 4 nitrogen and oxygen atoms in total. The molecule has 1 N–H and O–H groups in total. The first-order valence-electron chi connectivity index (χ1n) is 5.69. The van der Waals surface area contributed by atoms with Gasteiger partial charge in [-0.25, -0.2) is 4.79 Å². The maximum Gasteiger partial charge on any atom is 0.318 e. The molecule has 1 heterocycles. The summed E-state index contributed by atoms with van der Waals surface area (Å²) in [6.07, 6.45) is 0.383. The number of hydrogen-bond acceptors (Lipinski definition) is 2. The highest BCUT2D eigenvalue weighted by atomic mass is 16.2. The van der Waals surface area contributed by atoms with E-state index in [1.807, 2.05) is 31.2 Å². The standard InChI is InChI=1S/C13H15N3O/c1-10-3-5-11(6-4-10)12-9-16(8-2-7-14)13(17)15-12/h3-6,12H,2,8-9H2,1H3,(H,15,17). The first kappa shape index (κ1) is 11.5. The van der Waals surface area contributed by atoms with Crippen molar-refractivity contribution in [2.24, 2.45) is 0 Å². The predicted molar refractivity (Wildman–Crippen MR) is 64.3 cm³/mol. The lowest BCUT2D eigenvalue weighted by atomic mass is 10.1. The normalized spacial score (nSPS) is 18.9. The van der Waals surface area contributed by atoms with Crippen LogP contribution in [0.15, 0.2) is 24.3 Å². The molecule has 1 aliphatic rings. The Morgan fingerprint density at radius 3 is 2.82 bits per heavy atom. The maximum absolute atomic E-state index is 11.6. The van der Waals surface area contributed by atoms with Crippen LogP contribution in [0.3, 0.4) is 0 Å². The minimum absolute atomic E-state index is 0.0433. The molecule has 4 heteroatoms. The number of amides is 2. The summed E-state index contributed by atoms with van der Waals surface area (Å²) in [5, 5.41) is 11.4. The van der Waals surface area contributed by atoms with Gasteiger partial charge in [-0.15, -0.1) is 0 Å². The highest BCUT2D eigenvalue weighted by Crippen LogP contribution is 2.20. The van der Waals surface area contributed by atoms with Gasteiger partial charge in [0.15, 0.2) is 0 Å². The lowest BCUT2D eigenvalue weighted by Crippen LogP contribution is -2.28. The topological polar surface area (TPSA) is 56.1 Å². The van der Waals surface area contributed by atoms with Crippen molar-refractivity contribution in [1.29, 1.82) is 5.26 Å². The zero-order valence-electron chi connectivity index (χ0n) is 9.81. The molecule has 1 fully saturated rings. The Hall–Kier alpha value is -2.02. The number of carbonyl (C=O) groups is 1. The molecule has 0 radical (unpaired) electrons. The van der Waals surface area contributed by atoms with Crippen molar-refractivity contribution in [3.05, 3.63) is 35.4 Å². The monoisotopic (exact) mass is 229 g/mol. The van der Waals surface area contributed by atoms with E-state index >= 15 is 0 Å². The molecule has 0 aromatic heterocycles. The van der Waals surface area contributed by atoms with Crippen LogP contribution in [0.5, 0.6) is 0 Å². The van der Waals surface area contributed by atoms with E-state index in [2.05, 4.69) is 11.4 Å². The van der Waals surface area contributed by atoms with Crippen LogP contribution in [0.1, 0.15) is 23.6 Å². The molecule has 2 amide bonds. The van der Waals surface area contributed by atoms with Gasteiger partial charge >= 0.3 is 6.03 Å². The summed E-state index contributed by atoms with van der Waals surface area (Å²) in [6, 6.07) is 10.2. The third kappa shape index (κ3) is 2.56. The fourth-order valence-electron chi connectivity index (χ4n) is 1.95. The summed E-state index contributed by atoms with van der Waals surface area (Å²) in [5.74, 6) is 0. The highest BCUT2D eigenvalue weighted by molar-refractivity contribution is 5.77. The van der Waals surface area contributed by atoms with E-state index in [9.17, 15) is 4.79 Å². The van der Waals surface area contributed by atoms with Crippen LogP contribution < -0.4 is 5.32 Å². The van der Waals surface area contributed by atoms with Crippen molar-refractivity contribution in [3.63, 3.8) is 0 Å². The molecule has 0 bridgehead atoms. The van der Waals surface area contributed by atoms with E-state index in [0.717, 1.165) is 5.56 Å². The SMILES string of the molecule is Cc1ccc(C2CN(CCC#N)C(=O)N2)cc1. The Morgan fingerprint density at radius 2 is 2.18 bits per heavy atom. The smallest absolute Gasteiger partial charge is 0.318 e. The number of nitrogens with one attached hydrogen (secondary N) is 1. The summed E-state index contributed by atoms with van der Waals surface area (Å²) in [5.41, 5.74) is 2.32. The number of aryl methyl sites for hydroxylation is 1. The van der Waals surface area contributed by atoms with E-state index in [1.165, 1.54) is 5.56 Å². The zero-order valence-corrected chi connectivity index (χ0v) is 9.81. The predicted octanol–water partition coefficient (Wildman–Crippen LogP) is 1.97. The van der Waals surface area contributed by atoms with Crippen LogP contribution in [0.4, 0.5) is 4.79 Å². The molecule has 1 saturated heterocycles. The molecule has 17 heavy (non-hydrogen) atoms. The van der Waals surface area contributed by atoms with Crippen LogP contribution in [0.2, 0.25) is 0 Å². The van der Waals surface area contributed by atoms with Crippen molar-refractivity contribution in [2.75, 3.05) is 13.1 Å². The van der Waals surface area contributed by atoms with Crippen LogP contribution in [0, 0.1) is 18.3 Å². The van der Waals surface area contributed by atoms with Gasteiger partial charge in [0.05, 0.1) is 18.5 Å². The van der Waals surface area contributed by atoms with Gasteiger partial charge in [0, 0.05) is 13.1 Å². The molecule has 1 aromatic rings. The molecule has 0 saturated carbocycles. The van der Waals surface area contributed by atoms with Gasteiger partial charge in [0.25, 0.3) is 0 Å². The second-order valence-corrected chi connectivity index (χ2v) is 4.27. The van der Waals surface area contributed by atoms with Gasteiger partial charge in [-0.1, -0.05) is 29.8 Å². The molecular formula is C13H15N3O. The summed E-state index contributed by atoms with van der Waals surface area (Å²) in [4.78, 5) is 13.3. The third-order valence-corrected chi connectivity index (χ3v) is 2.96. The van der Waals surface area contributed by atoms with Gasteiger partial charge in [0.2, 0.25) is 0 Å². The summed E-state index contributed by atoms with van der Waals surface area (Å²) in [7, 11) is 0. The number of nitrogens with zero attached hydrogens (tertiary/aromatic N) is 2. The van der Waals surface area contributed by atoms with Gasteiger partial charge in [-0.05, 0) is 12.5 Å². The molecule has 2 rings (SSSR count). The fraction of sp³-hybridized carbons (Fsp3) is 0.385. The Balaban J connectivity index is 2.03. The number of nitriles is 1.